The molecule has 0 bridgehead atoms. The van der Waals surface area contributed by atoms with Gasteiger partial charge in [-0.15, -0.1) is 0 Å². The number of nitrogens with zero attached hydrogens (tertiary/aromatic N) is 4. The van der Waals surface area contributed by atoms with E-state index < -0.39 is 0 Å². The molecule has 9 nitrogen and oxygen atoms in total. The minimum atomic E-state index is -0.387. The lowest BCUT2D eigenvalue weighted by atomic mass is 9.99. The average molecular weight is 485 g/mol. The monoisotopic (exact) mass is 484 g/mol. The number of rotatable bonds is 8. The largest absolute Gasteiger partial charge is 0.497 e. The Bertz CT molecular complexity index is 1040. The molecule has 190 valence electrons. The maximum absolute atomic E-state index is 13.6. The predicted octanol–water partition coefficient (Wildman–Crippen LogP) is 2.00. The van der Waals surface area contributed by atoms with Crippen molar-refractivity contribution < 1.29 is 24.2 Å². The van der Waals surface area contributed by atoms with Crippen LogP contribution in [0.25, 0.3) is 11.1 Å². The summed E-state index contributed by atoms with van der Waals surface area (Å²) in [7, 11) is 7.05. The van der Waals surface area contributed by atoms with E-state index in [2.05, 4.69) is 4.98 Å². The first kappa shape index (κ1) is 26.4. The van der Waals surface area contributed by atoms with Gasteiger partial charge in [0, 0.05) is 31.3 Å². The minimum absolute atomic E-state index is 0.0222. The number of methoxy groups -OCH3 is 1. The number of aliphatic hydroxyl groups is 1. The number of ether oxygens (including phenoxy) is 2. The Kier molecular flexibility index (Phi) is 8.69. The third kappa shape index (κ3) is 6.29. The van der Waals surface area contributed by atoms with Crippen LogP contribution >= 0.6 is 0 Å². The number of amides is 2. The first-order valence-electron chi connectivity index (χ1n) is 11.8. The summed E-state index contributed by atoms with van der Waals surface area (Å²) >= 11 is 0. The molecule has 1 aliphatic rings. The van der Waals surface area contributed by atoms with Gasteiger partial charge in [-0.2, -0.15) is 0 Å². The molecule has 0 fully saturated rings. The highest BCUT2D eigenvalue weighted by atomic mass is 16.5. The minimum Gasteiger partial charge on any atom is -0.497 e. The number of pyridine rings is 1. The van der Waals surface area contributed by atoms with Gasteiger partial charge in [-0.05, 0) is 44.8 Å². The number of benzene rings is 1. The fraction of sp³-hybridized carbons (Fsp3) is 0.500. The van der Waals surface area contributed by atoms with E-state index in [0.29, 0.717) is 30.9 Å². The maximum atomic E-state index is 13.6. The zero-order valence-electron chi connectivity index (χ0n) is 21.4. The van der Waals surface area contributed by atoms with Gasteiger partial charge in [0.15, 0.2) is 0 Å². The van der Waals surface area contributed by atoms with Crippen LogP contribution in [0.2, 0.25) is 0 Å². The molecular weight excluding hydrogens is 448 g/mol. The number of hydrogen-bond donors (Lipinski definition) is 1. The van der Waals surface area contributed by atoms with Crippen LogP contribution < -0.4 is 9.47 Å². The molecule has 1 aromatic heterocycles. The van der Waals surface area contributed by atoms with E-state index in [4.69, 9.17) is 9.47 Å². The van der Waals surface area contributed by atoms with Crippen molar-refractivity contribution in [3.63, 3.8) is 0 Å². The Morgan fingerprint density at radius 3 is 2.69 bits per heavy atom. The number of carbonyl (C=O) groups is 2. The van der Waals surface area contributed by atoms with Gasteiger partial charge >= 0.3 is 0 Å². The zero-order valence-corrected chi connectivity index (χ0v) is 21.4. The van der Waals surface area contributed by atoms with Gasteiger partial charge in [-0.1, -0.05) is 19.1 Å². The highest BCUT2D eigenvalue weighted by Crippen LogP contribution is 2.31. The molecule has 3 rings (SSSR count). The number of likely N-dealkylation sites (N-methyl/N-ethyl adjacent to an activating group) is 2. The van der Waals surface area contributed by atoms with Gasteiger partial charge in [0.1, 0.15) is 17.4 Å². The maximum Gasteiger partial charge on any atom is 0.259 e. The first-order valence-corrected chi connectivity index (χ1v) is 11.8. The molecular formula is C26H36N4O5. The lowest BCUT2D eigenvalue weighted by molar-refractivity contribution is -0.132. The van der Waals surface area contributed by atoms with Crippen LogP contribution in [0.15, 0.2) is 36.5 Å². The fourth-order valence-electron chi connectivity index (χ4n) is 4.04. The molecule has 2 aromatic rings. The van der Waals surface area contributed by atoms with Crippen molar-refractivity contribution in [2.75, 3.05) is 54.5 Å². The second-order valence-corrected chi connectivity index (χ2v) is 9.44. The summed E-state index contributed by atoms with van der Waals surface area (Å²) in [6.07, 6.45) is 1.28. The Hall–Kier alpha value is -3.17. The molecule has 35 heavy (non-hydrogen) atoms. The molecule has 3 atom stereocenters. The number of carbonyl (C=O) groups excluding carboxylic acids is 2. The van der Waals surface area contributed by atoms with Crippen molar-refractivity contribution in [3.8, 4) is 22.8 Å². The summed E-state index contributed by atoms with van der Waals surface area (Å²) in [5.74, 6) is 0.552. The van der Waals surface area contributed by atoms with Crippen molar-refractivity contribution >= 4 is 11.8 Å². The van der Waals surface area contributed by atoms with Crippen LogP contribution in [-0.4, -0.2) is 103 Å². The second kappa shape index (κ2) is 11.5. The number of fused-ring (bicyclic) bond motifs is 1. The molecule has 0 saturated carbocycles. The molecule has 0 saturated heterocycles. The summed E-state index contributed by atoms with van der Waals surface area (Å²) in [5, 5.41) is 9.85. The van der Waals surface area contributed by atoms with E-state index in [1.807, 2.05) is 57.1 Å². The molecule has 9 heteroatoms. The molecule has 1 aromatic carbocycles. The molecule has 0 radical (unpaired) electrons. The van der Waals surface area contributed by atoms with E-state index in [0.717, 1.165) is 11.1 Å². The Balaban J connectivity index is 2.00. The highest BCUT2D eigenvalue weighted by molar-refractivity contribution is 5.98. The van der Waals surface area contributed by atoms with Crippen molar-refractivity contribution in [2.24, 2.45) is 5.92 Å². The van der Waals surface area contributed by atoms with Crippen LogP contribution in [-0.2, 0) is 4.79 Å². The third-order valence-corrected chi connectivity index (χ3v) is 6.26. The molecule has 1 aliphatic heterocycles. The Morgan fingerprint density at radius 2 is 2.03 bits per heavy atom. The quantitative estimate of drug-likeness (QED) is 0.612. The topological polar surface area (TPSA) is 95.4 Å². The second-order valence-electron chi connectivity index (χ2n) is 9.44. The van der Waals surface area contributed by atoms with E-state index in [1.165, 1.54) is 0 Å². The van der Waals surface area contributed by atoms with Crippen LogP contribution in [0.5, 0.6) is 11.6 Å². The smallest absolute Gasteiger partial charge is 0.259 e. The van der Waals surface area contributed by atoms with Gasteiger partial charge in [0.25, 0.3) is 5.91 Å². The number of aliphatic hydroxyl groups excluding tert-OH is 1. The standard InChI is InChI=1S/C26H36N4O5/c1-17-13-30(18(2)16-31)26(33)22-11-20(19-8-7-9-21(10-19)34-6)12-27-25(22)35-23(17)14-29(5)24(32)15-28(3)4/h7-12,17-18,23,31H,13-16H2,1-6H3/t17-,18+,23-/m0/s1. The molecule has 0 spiro atoms. The van der Waals surface area contributed by atoms with Crippen LogP contribution in [0.3, 0.4) is 0 Å². The van der Waals surface area contributed by atoms with Gasteiger partial charge in [0.2, 0.25) is 11.8 Å². The summed E-state index contributed by atoms with van der Waals surface area (Å²) in [4.78, 5) is 35.8. The van der Waals surface area contributed by atoms with Gasteiger partial charge in [0.05, 0.1) is 32.8 Å². The van der Waals surface area contributed by atoms with Gasteiger partial charge < -0.3 is 29.3 Å². The van der Waals surface area contributed by atoms with E-state index in [9.17, 15) is 14.7 Å². The molecule has 2 amide bonds. The molecule has 1 N–H and O–H groups in total. The van der Waals surface area contributed by atoms with E-state index in [1.54, 1.807) is 36.2 Å². The van der Waals surface area contributed by atoms with Crippen molar-refractivity contribution in [3.05, 3.63) is 42.1 Å². The van der Waals surface area contributed by atoms with Crippen LogP contribution in [0, 0.1) is 5.92 Å². The fourth-order valence-corrected chi connectivity index (χ4v) is 4.04. The average Bonchev–Trinajstić information content (AvgIpc) is 2.84. The first-order chi connectivity index (χ1) is 16.6. The SMILES string of the molecule is COc1cccc(-c2cnc3c(c2)C(=O)N([C@H](C)CO)C[C@H](C)[C@H](CN(C)C(=O)CN(C)C)O3)c1. The van der Waals surface area contributed by atoms with Crippen LogP contribution in [0.4, 0.5) is 0 Å². The Labute approximate surface area is 207 Å². The van der Waals surface area contributed by atoms with E-state index in [-0.39, 0.29) is 42.4 Å². The normalized spacial score (nSPS) is 18.9. The highest BCUT2D eigenvalue weighted by Gasteiger charge is 2.34. The molecule has 0 unspecified atom stereocenters. The summed E-state index contributed by atoms with van der Waals surface area (Å²) in [6, 6.07) is 8.91. The lowest BCUT2D eigenvalue weighted by Crippen LogP contribution is -2.51. The van der Waals surface area contributed by atoms with Crippen molar-refractivity contribution in [1.82, 2.24) is 19.7 Å². The molecule has 2 heterocycles. The summed E-state index contributed by atoms with van der Waals surface area (Å²) < 4.78 is 11.6. The number of hydrogen-bond acceptors (Lipinski definition) is 7. The van der Waals surface area contributed by atoms with Crippen molar-refractivity contribution in [1.29, 1.82) is 0 Å². The van der Waals surface area contributed by atoms with Crippen molar-refractivity contribution in [2.45, 2.75) is 26.0 Å². The molecule has 0 aliphatic carbocycles. The third-order valence-electron chi connectivity index (χ3n) is 6.26. The summed E-state index contributed by atoms with van der Waals surface area (Å²) in [6.45, 7) is 4.65. The lowest BCUT2D eigenvalue weighted by Gasteiger charge is -2.37. The Morgan fingerprint density at radius 1 is 1.29 bits per heavy atom. The zero-order chi connectivity index (χ0) is 25.7. The van der Waals surface area contributed by atoms with Gasteiger partial charge in [-0.25, -0.2) is 4.98 Å². The van der Waals surface area contributed by atoms with Gasteiger partial charge in [-0.3, -0.25) is 9.59 Å². The number of aromatic nitrogens is 1. The van der Waals surface area contributed by atoms with Crippen LogP contribution in [0.1, 0.15) is 24.2 Å². The summed E-state index contributed by atoms with van der Waals surface area (Å²) in [5.41, 5.74) is 1.93. The predicted molar refractivity (Wildman–Crippen MR) is 134 cm³/mol. The van der Waals surface area contributed by atoms with E-state index >= 15 is 0 Å².